The van der Waals surface area contributed by atoms with Crippen LogP contribution >= 0.6 is 11.6 Å². The molecular weight excluding hydrogens is 507 g/mol. The number of hydrogen-bond donors (Lipinski definition) is 1. The van der Waals surface area contributed by atoms with E-state index in [-0.39, 0.29) is 23.6 Å². The first-order valence-electron chi connectivity index (χ1n) is 12.5. The van der Waals surface area contributed by atoms with Gasteiger partial charge in [0.1, 0.15) is 5.69 Å². The molecule has 2 aromatic rings. The van der Waals surface area contributed by atoms with Gasteiger partial charge in [-0.25, -0.2) is 0 Å². The van der Waals surface area contributed by atoms with Crippen LogP contribution in [0.25, 0.3) is 0 Å². The van der Waals surface area contributed by atoms with Gasteiger partial charge in [0.25, 0.3) is 0 Å². The van der Waals surface area contributed by atoms with E-state index in [4.69, 9.17) is 11.6 Å². The smallest absolute Gasteiger partial charge is 0.382 e. The first kappa shape index (κ1) is 27.2. The number of hydrogen-bond acceptors (Lipinski definition) is 6. The Balaban J connectivity index is 1.23. The number of alkyl halides is 3. The van der Waals surface area contributed by atoms with E-state index in [1.54, 1.807) is 0 Å². The summed E-state index contributed by atoms with van der Waals surface area (Å²) in [6, 6.07) is 11.2. The van der Waals surface area contributed by atoms with Crippen molar-refractivity contribution in [1.29, 1.82) is 0 Å². The minimum Gasteiger partial charge on any atom is -0.382 e. The van der Waals surface area contributed by atoms with Gasteiger partial charge in [-0.2, -0.15) is 13.2 Å². The molecule has 1 N–H and O–H groups in total. The van der Waals surface area contributed by atoms with E-state index in [1.165, 1.54) is 6.07 Å². The third-order valence-electron chi connectivity index (χ3n) is 7.10. The number of carbonyl (C=O) groups is 1. The molecule has 0 bridgehead atoms. The predicted molar refractivity (Wildman–Crippen MR) is 139 cm³/mol. The molecule has 0 spiro atoms. The monoisotopic (exact) mass is 537 g/mol. The maximum Gasteiger partial charge on any atom is 0.418 e. The fourth-order valence-corrected chi connectivity index (χ4v) is 5.16. The van der Waals surface area contributed by atoms with Gasteiger partial charge in [0.2, 0.25) is 5.91 Å². The number of nitroso groups, excluding NO2 is 1. The summed E-state index contributed by atoms with van der Waals surface area (Å²) in [4.78, 5) is 30.3. The third-order valence-corrected chi connectivity index (χ3v) is 7.35. The summed E-state index contributed by atoms with van der Waals surface area (Å²) in [6.07, 6.45) is -3.39. The van der Waals surface area contributed by atoms with Gasteiger partial charge >= 0.3 is 6.18 Å². The summed E-state index contributed by atoms with van der Waals surface area (Å²) >= 11 is 5.98. The van der Waals surface area contributed by atoms with Crippen molar-refractivity contribution in [3.8, 4) is 0 Å². The van der Waals surface area contributed by atoms with E-state index in [0.717, 1.165) is 49.0 Å². The predicted octanol–water partition coefficient (Wildman–Crippen LogP) is 5.62. The number of nitrogens with one attached hydrogen (secondary N) is 1. The molecular formula is C26H31ClF3N5O2. The van der Waals surface area contributed by atoms with Crippen molar-refractivity contribution >= 4 is 34.6 Å². The van der Waals surface area contributed by atoms with Gasteiger partial charge < -0.3 is 15.1 Å². The molecule has 11 heteroatoms. The lowest BCUT2D eigenvalue weighted by molar-refractivity contribution is -0.137. The Bertz CT molecular complexity index is 1080. The Hall–Kier alpha value is -2.85. The quantitative estimate of drug-likeness (QED) is 0.464. The zero-order valence-electron chi connectivity index (χ0n) is 20.7. The summed E-state index contributed by atoms with van der Waals surface area (Å²) in [6.45, 7) is 7.28. The number of benzene rings is 2. The summed E-state index contributed by atoms with van der Waals surface area (Å²) in [5.41, 5.74) is -0.243. The number of piperazine rings is 1. The van der Waals surface area contributed by atoms with Crippen LogP contribution in [0.1, 0.15) is 25.3 Å². The molecule has 2 aliphatic heterocycles. The van der Waals surface area contributed by atoms with E-state index in [2.05, 4.69) is 20.3 Å². The van der Waals surface area contributed by atoms with E-state index < -0.39 is 17.4 Å². The maximum absolute atomic E-state index is 13.2. The molecule has 1 amide bonds. The summed E-state index contributed by atoms with van der Waals surface area (Å²) < 4.78 is 39.6. The number of carbonyl (C=O) groups excluding carboxylic acids is 1. The lowest BCUT2D eigenvalue weighted by Crippen LogP contribution is -2.50. The van der Waals surface area contributed by atoms with E-state index in [1.807, 2.05) is 36.1 Å². The van der Waals surface area contributed by atoms with Crippen molar-refractivity contribution in [2.75, 3.05) is 56.0 Å². The van der Waals surface area contributed by atoms with Crippen molar-refractivity contribution < 1.29 is 18.0 Å². The second-order valence-electron chi connectivity index (χ2n) is 9.73. The minimum atomic E-state index is -4.66. The molecule has 2 aromatic carbocycles. The van der Waals surface area contributed by atoms with Crippen molar-refractivity contribution in [2.45, 2.75) is 32.0 Å². The van der Waals surface area contributed by atoms with Gasteiger partial charge in [-0.15, -0.1) is 4.91 Å². The molecule has 37 heavy (non-hydrogen) atoms. The second-order valence-corrected chi connectivity index (χ2v) is 10.2. The number of amides is 1. The van der Waals surface area contributed by atoms with Crippen molar-refractivity contribution in [3.63, 3.8) is 0 Å². The lowest BCUT2D eigenvalue weighted by Gasteiger charge is -2.38. The molecule has 0 aliphatic carbocycles. The van der Waals surface area contributed by atoms with E-state index >= 15 is 0 Å². The van der Waals surface area contributed by atoms with Gasteiger partial charge in [-0.05, 0) is 60.5 Å². The molecule has 1 unspecified atom stereocenters. The molecule has 0 radical (unpaired) electrons. The average Bonchev–Trinajstić information content (AvgIpc) is 2.89. The first-order valence-corrected chi connectivity index (χ1v) is 12.8. The zero-order valence-corrected chi connectivity index (χ0v) is 21.4. The standard InChI is InChI=1S/C26H31ClF3N5O2/c1-18(17-33-12-14-34(15-13-33)22-5-2-19(27)3-6-22)25(36)35-10-8-20(9-11-35)31-21-4-7-24(32-37)23(16-21)26(28,29)30/h2-7,16,18,20,31H,8-15,17H2,1H3. The number of likely N-dealkylation sites (tertiary alicyclic amines) is 1. The Morgan fingerprint density at radius 1 is 1.05 bits per heavy atom. The van der Waals surface area contributed by atoms with Gasteiger partial charge in [0.15, 0.2) is 0 Å². The molecule has 200 valence electrons. The van der Waals surface area contributed by atoms with E-state index in [9.17, 15) is 22.9 Å². The highest BCUT2D eigenvalue weighted by atomic mass is 35.5. The van der Waals surface area contributed by atoms with Crippen LogP contribution in [0.5, 0.6) is 0 Å². The number of piperidine rings is 1. The molecule has 2 heterocycles. The average molecular weight is 538 g/mol. The van der Waals surface area contributed by atoms with Crippen molar-refractivity contribution in [3.05, 3.63) is 58.0 Å². The zero-order chi connectivity index (χ0) is 26.6. The van der Waals surface area contributed by atoms with Crippen LogP contribution in [-0.2, 0) is 11.0 Å². The number of rotatable bonds is 7. The number of halogens is 4. The first-order chi connectivity index (χ1) is 17.6. The van der Waals surface area contributed by atoms with Gasteiger partial charge in [0, 0.05) is 74.2 Å². The lowest BCUT2D eigenvalue weighted by atomic mass is 10.0. The third kappa shape index (κ3) is 6.93. The summed E-state index contributed by atoms with van der Waals surface area (Å²) in [7, 11) is 0. The number of nitrogens with zero attached hydrogens (tertiary/aromatic N) is 4. The molecule has 2 fully saturated rings. The van der Waals surface area contributed by atoms with E-state index in [0.29, 0.717) is 32.5 Å². The van der Waals surface area contributed by atoms with Crippen LogP contribution in [0.3, 0.4) is 0 Å². The summed E-state index contributed by atoms with van der Waals surface area (Å²) in [5, 5.41) is 6.32. The largest absolute Gasteiger partial charge is 0.418 e. The molecule has 7 nitrogen and oxygen atoms in total. The fraction of sp³-hybridized carbons (Fsp3) is 0.500. The second kappa shape index (κ2) is 11.7. The van der Waals surface area contributed by atoms with Crippen LogP contribution < -0.4 is 10.2 Å². The van der Waals surface area contributed by atoms with Gasteiger partial charge in [-0.1, -0.05) is 18.5 Å². The normalized spacial score (nSPS) is 18.5. The molecule has 0 aromatic heterocycles. The van der Waals surface area contributed by atoms with Crippen LogP contribution in [0.2, 0.25) is 5.02 Å². The van der Waals surface area contributed by atoms with Gasteiger partial charge in [0.05, 0.1) is 5.56 Å². The SMILES string of the molecule is CC(CN1CCN(c2ccc(Cl)cc2)CC1)C(=O)N1CCC(Nc2ccc(N=O)c(C(F)(F)F)c2)CC1. The number of anilines is 2. The topological polar surface area (TPSA) is 68.2 Å². The molecule has 1 atom stereocenters. The Morgan fingerprint density at radius 3 is 2.30 bits per heavy atom. The van der Waals surface area contributed by atoms with Crippen LogP contribution in [-0.4, -0.2) is 67.6 Å². The molecule has 2 aliphatic rings. The molecule has 2 saturated heterocycles. The molecule has 4 rings (SSSR count). The van der Waals surface area contributed by atoms with Crippen LogP contribution in [0, 0.1) is 10.8 Å². The maximum atomic E-state index is 13.2. The molecule has 0 saturated carbocycles. The Morgan fingerprint density at radius 2 is 1.70 bits per heavy atom. The Kier molecular flexibility index (Phi) is 8.59. The highest BCUT2D eigenvalue weighted by Gasteiger charge is 2.35. The highest BCUT2D eigenvalue weighted by molar-refractivity contribution is 6.30. The minimum absolute atomic E-state index is 0.0589. The highest BCUT2D eigenvalue weighted by Crippen LogP contribution is 2.38. The van der Waals surface area contributed by atoms with Crippen molar-refractivity contribution in [1.82, 2.24) is 9.80 Å². The van der Waals surface area contributed by atoms with Crippen molar-refractivity contribution in [2.24, 2.45) is 11.1 Å². The fourth-order valence-electron chi connectivity index (χ4n) is 5.03. The summed E-state index contributed by atoms with van der Waals surface area (Å²) in [5.74, 6) is -0.0244. The van der Waals surface area contributed by atoms with Crippen LogP contribution in [0.15, 0.2) is 47.6 Å². The van der Waals surface area contributed by atoms with Gasteiger partial charge in [-0.3, -0.25) is 9.69 Å². The van der Waals surface area contributed by atoms with Crippen LogP contribution in [0.4, 0.5) is 30.2 Å². The Labute approximate surface area is 219 Å².